The number of ether oxygens (including phenoxy) is 1. The molecule has 0 bridgehead atoms. The topological polar surface area (TPSA) is 115 Å². The summed E-state index contributed by atoms with van der Waals surface area (Å²) in [6, 6.07) is 8.96. The zero-order chi connectivity index (χ0) is 19.5. The third kappa shape index (κ3) is 3.78. The molecule has 3 unspecified atom stereocenters. The standard InChI is InChI=1S/C19H22N6O3/c1-27-14-4-2-12(3-5-14)15-9-18(28-24-15)16-8-17(23-22-16)19(26)21-13-6-7-25(10-13)11-20/h2-5,9,13,16-17,22-23H,6-8,10H2,1H3,(H,21,26). The van der Waals surface area contributed by atoms with Gasteiger partial charge in [-0.15, -0.1) is 0 Å². The van der Waals surface area contributed by atoms with Crippen molar-refractivity contribution in [3.05, 3.63) is 36.1 Å². The first kappa shape index (κ1) is 18.3. The van der Waals surface area contributed by atoms with Gasteiger partial charge in [0.25, 0.3) is 0 Å². The number of carbonyl (C=O) groups excluding carboxylic acids is 1. The fourth-order valence-corrected chi connectivity index (χ4v) is 3.54. The van der Waals surface area contributed by atoms with Crippen LogP contribution in [0.5, 0.6) is 5.75 Å². The van der Waals surface area contributed by atoms with E-state index in [1.165, 1.54) is 0 Å². The van der Waals surface area contributed by atoms with Gasteiger partial charge >= 0.3 is 0 Å². The van der Waals surface area contributed by atoms with Crippen LogP contribution in [0.3, 0.4) is 0 Å². The first-order valence-electron chi connectivity index (χ1n) is 9.23. The smallest absolute Gasteiger partial charge is 0.238 e. The lowest BCUT2D eigenvalue weighted by atomic mass is 10.1. The second-order valence-corrected chi connectivity index (χ2v) is 7.01. The van der Waals surface area contributed by atoms with Crippen LogP contribution in [0.15, 0.2) is 34.9 Å². The van der Waals surface area contributed by atoms with Crippen LogP contribution in [0.1, 0.15) is 24.6 Å². The van der Waals surface area contributed by atoms with Crippen molar-refractivity contribution in [3.63, 3.8) is 0 Å². The van der Waals surface area contributed by atoms with Gasteiger partial charge in [0.2, 0.25) is 5.91 Å². The number of nitrogens with zero attached hydrogens (tertiary/aromatic N) is 3. The van der Waals surface area contributed by atoms with Gasteiger partial charge in [-0.1, -0.05) is 5.16 Å². The van der Waals surface area contributed by atoms with Gasteiger partial charge in [-0.05, 0) is 37.1 Å². The first-order valence-corrected chi connectivity index (χ1v) is 9.23. The Morgan fingerprint density at radius 2 is 2.21 bits per heavy atom. The van der Waals surface area contributed by atoms with Gasteiger partial charge in [-0.25, -0.2) is 10.9 Å². The number of likely N-dealkylation sites (tertiary alicyclic amines) is 1. The highest BCUT2D eigenvalue weighted by Crippen LogP contribution is 2.28. The maximum absolute atomic E-state index is 12.5. The molecule has 28 heavy (non-hydrogen) atoms. The Morgan fingerprint density at radius 1 is 1.39 bits per heavy atom. The fraction of sp³-hybridized carbons (Fsp3) is 0.421. The third-order valence-corrected chi connectivity index (χ3v) is 5.15. The van der Waals surface area contributed by atoms with Gasteiger partial charge in [0.05, 0.1) is 13.2 Å². The molecule has 3 heterocycles. The lowest BCUT2D eigenvalue weighted by Gasteiger charge is -2.15. The molecule has 0 spiro atoms. The number of amides is 1. The van der Waals surface area contributed by atoms with E-state index in [2.05, 4.69) is 27.5 Å². The van der Waals surface area contributed by atoms with Gasteiger partial charge in [-0.3, -0.25) is 4.79 Å². The van der Waals surface area contributed by atoms with E-state index in [-0.39, 0.29) is 24.0 Å². The molecule has 1 amide bonds. The Kier molecular flexibility index (Phi) is 5.14. The van der Waals surface area contributed by atoms with Crippen LogP contribution in [0.25, 0.3) is 11.3 Å². The van der Waals surface area contributed by atoms with E-state index in [1.54, 1.807) is 12.0 Å². The molecule has 2 aliphatic heterocycles. The lowest BCUT2D eigenvalue weighted by Crippen LogP contribution is -2.47. The summed E-state index contributed by atoms with van der Waals surface area (Å²) < 4.78 is 10.7. The highest BCUT2D eigenvalue weighted by molar-refractivity contribution is 5.82. The molecule has 2 aliphatic rings. The van der Waals surface area contributed by atoms with Gasteiger partial charge < -0.3 is 19.5 Å². The molecule has 1 aromatic carbocycles. The van der Waals surface area contributed by atoms with Gasteiger partial charge in [0, 0.05) is 30.8 Å². The predicted octanol–water partition coefficient (Wildman–Crippen LogP) is 0.929. The predicted molar refractivity (Wildman–Crippen MR) is 99.6 cm³/mol. The first-order chi connectivity index (χ1) is 13.7. The number of hydrogen-bond donors (Lipinski definition) is 3. The molecule has 2 saturated heterocycles. The van der Waals surface area contributed by atoms with E-state index in [9.17, 15) is 4.79 Å². The van der Waals surface area contributed by atoms with Crippen LogP contribution in [-0.4, -0.2) is 48.2 Å². The zero-order valence-electron chi connectivity index (χ0n) is 15.5. The van der Waals surface area contributed by atoms with Crippen molar-refractivity contribution >= 4 is 5.91 Å². The Hall–Kier alpha value is -3.09. The molecular formula is C19H22N6O3. The molecule has 2 aromatic rings. The van der Waals surface area contributed by atoms with Crippen LogP contribution in [-0.2, 0) is 4.79 Å². The Balaban J connectivity index is 1.34. The van der Waals surface area contributed by atoms with Crippen molar-refractivity contribution in [1.82, 2.24) is 26.2 Å². The highest BCUT2D eigenvalue weighted by atomic mass is 16.5. The summed E-state index contributed by atoms with van der Waals surface area (Å²) in [4.78, 5) is 14.1. The van der Waals surface area contributed by atoms with Crippen molar-refractivity contribution in [2.45, 2.75) is 31.0 Å². The molecule has 9 nitrogen and oxygen atoms in total. The second-order valence-electron chi connectivity index (χ2n) is 7.01. The molecule has 4 rings (SSSR count). The van der Waals surface area contributed by atoms with E-state index in [4.69, 9.17) is 14.5 Å². The highest BCUT2D eigenvalue weighted by Gasteiger charge is 2.34. The number of hydrogen-bond acceptors (Lipinski definition) is 8. The average molecular weight is 382 g/mol. The van der Waals surface area contributed by atoms with Crippen LogP contribution in [0.4, 0.5) is 0 Å². The van der Waals surface area contributed by atoms with Crippen LogP contribution in [0, 0.1) is 11.5 Å². The van der Waals surface area contributed by atoms with Crippen molar-refractivity contribution < 1.29 is 14.1 Å². The SMILES string of the molecule is COc1ccc(-c2cc(C3CC(C(=O)NC4CCN(C#N)C4)NN3)on2)cc1. The summed E-state index contributed by atoms with van der Waals surface area (Å²) in [6.07, 6.45) is 3.46. The molecule has 1 aromatic heterocycles. The molecule has 0 aliphatic carbocycles. The maximum atomic E-state index is 12.5. The fourth-order valence-electron chi connectivity index (χ4n) is 3.54. The number of nitrogens with one attached hydrogen (secondary N) is 3. The number of hydrazine groups is 1. The molecule has 9 heteroatoms. The normalized spacial score (nSPS) is 24.1. The molecule has 0 saturated carbocycles. The summed E-state index contributed by atoms with van der Waals surface area (Å²) in [7, 11) is 1.63. The van der Waals surface area contributed by atoms with E-state index < -0.39 is 0 Å². The van der Waals surface area contributed by atoms with E-state index >= 15 is 0 Å². The minimum atomic E-state index is -0.365. The summed E-state index contributed by atoms with van der Waals surface area (Å²) in [6.45, 7) is 1.26. The summed E-state index contributed by atoms with van der Waals surface area (Å²) >= 11 is 0. The summed E-state index contributed by atoms with van der Waals surface area (Å²) in [5.41, 5.74) is 7.79. The largest absolute Gasteiger partial charge is 0.497 e. The minimum absolute atomic E-state index is 0.0138. The molecule has 3 N–H and O–H groups in total. The maximum Gasteiger partial charge on any atom is 0.238 e. The molecule has 146 valence electrons. The number of rotatable bonds is 5. The molecular weight excluding hydrogens is 360 g/mol. The van der Waals surface area contributed by atoms with E-state index in [0.717, 1.165) is 23.4 Å². The Bertz CT molecular complexity index is 875. The van der Waals surface area contributed by atoms with Crippen molar-refractivity contribution in [2.75, 3.05) is 20.2 Å². The summed E-state index contributed by atoms with van der Waals surface area (Å²) in [5, 5.41) is 16.1. The zero-order valence-corrected chi connectivity index (χ0v) is 15.5. The van der Waals surface area contributed by atoms with Gasteiger partial charge in [0.15, 0.2) is 12.0 Å². The Morgan fingerprint density at radius 3 is 2.93 bits per heavy atom. The summed E-state index contributed by atoms with van der Waals surface area (Å²) in [5.74, 6) is 1.38. The van der Waals surface area contributed by atoms with E-state index in [1.807, 2.05) is 30.3 Å². The average Bonchev–Trinajstić information content (AvgIpc) is 3.47. The minimum Gasteiger partial charge on any atom is -0.497 e. The quantitative estimate of drug-likeness (QED) is 0.654. The molecule has 3 atom stereocenters. The van der Waals surface area contributed by atoms with Gasteiger partial charge in [-0.2, -0.15) is 5.26 Å². The van der Waals surface area contributed by atoms with Crippen LogP contribution >= 0.6 is 0 Å². The van der Waals surface area contributed by atoms with Crippen molar-refractivity contribution in [2.24, 2.45) is 0 Å². The van der Waals surface area contributed by atoms with Crippen molar-refractivity contribution in [3.8, 4) is 23.2 Å². The number of methoxy groups -OCH3 is 1. The number of carbonyl (C=O) groups is 1. The monoisotopic (exact) mass is 382 g/mol. The third-order valence-electron chi connectivity index (χ3n) is 5.15. The number of benzene rings is 1. The lowest BCUT2D eigenvalue weighted by molar-refractivity contribution is -0.123. The van der Waals surface area contributed by atoms with Crippen molar-refractivity contribution in [1.29, 1.82) is 5.26 Å². The molecule has 2 fully saturated rings. The van der Waals surface area contributed by atoms with E-state index in [0.29, 0.717) is 25.3 Å². The van der Waals surface area contributed by atoms with Crippen LogP contribution < -0.4 is 20.9 Å². The van der Waals surface area contributed by atoms with Gasteiger partial charge in [0.1, 0.15) is 17.5 Å². The van der Waals surface area contributed by atoms with Crippen LogP contribution in [0.2, 0.25) is 0 Å². The number of nitriles is 1. The second kappa shape index (κ2) is 7.88. The number of aromatic nitrogens is 1. The molecule has 0 radical (unpaired) electrons. The Labute approximate surface area is 162 Å².